The maximum Gasteiger partial charge on any atom is 0.267 e. The Morgan fingerprint density at radius 1 is 1.11 bits per heavy atom. The summed E-state index contributed by atoms with van der Waals surface area (Å²) in [6.07, 6.45) is 0. The maximum atomic E-state index is 13.0. The molecule has 3 rings (SSSR count). The van der Waals surface area contributed by atoms with E-state index in [-0.39, 0.29) is 17.6 Å². The summed E-state index contributed by atoms with van der Waals surface area (Å²) in [7, 11) is 0. The first-order valence-electron chi connectivity index (χ1n) is 9.08. The van der Waals surface area contributed by atoms with E-state index in [2.05, 4.69) is 5.32 Å². The SMILES string of the molecule is CC(C)(Oc1ccc(F)cc1)C(=O)Nc1cccc(C(=O)N2CCOCC2)c1. The summed E-state index contributed by atoms with van der Waals surface area (Å²) in [5.74, 6) is -0.469. The molecule has 1 aliphatic heterocycles. The van der Waals surface area contributed by atoms with E-state index in [4.69, 9.17) is 9.47 Å². The van der Waals surface area contributed by atoms with Crippen LogP contribution in [0, 0.1) is 5.82 Å². The Hall–Kier alpha value is -2.93. The summed E-state index contributed by atoms with van der Waals surface area (Å²) in [6, 6.07) is 12.3. The lowest BCUT2D eigenvalue weighted by Gasteiger charge is -2.27. The third kappa shape index (κ3) is 4.86. The van der Waals surface area contributed by atoms with Crippen LogP contribution in [0.5, 0.6) is 5.75 Å². The second kappa shape index (κ2) is 8.39. The molecule has 0 atom stereocenters. The topological polar surface area (TPSA) is 67.9 Å². The second-order valence-corrected chi connectivity index (χ2v) is 7.01. The van der Waals surface area contributed by atoms with Gasteiger partial charge >= 0.3 is 0 Å². The molecule has 7 heteroatoms. The van der Waals surface area contributed by atoms with E-state index in [1.165, 1.54) is 24.3 Å². The number of benzene rings is 2. The van der Waals surface area contributed by atoms with Crippen LogP contribution in [-0.2, 0) is 9.53 Å². The number of nitrogens with zero attached hydrogens (tertiary/aromatic N) is 1. The van der Waals surface area contributed by atoms with Crippen molar-refractivity contribution in [1.29, 1.82) is 0 Å². The Bertz CT molecular complexity index is 846. The molecule has 1 saturated heterocycles. The first-order valence-corrected chi connectivity index (χ1v) is 9.08. The minimum absolute atomic E-state index is 0.0961. The first-order chi connectivity index (χ1) is 13.3. The predicted octanol–water partition coefficient (Wildman–Crippen LogP) is 3.09. The third-order valence-electron chi connectivity index (χ3n) is 4.40. The van der Waals surface area contributed by atoms with E-state index in [0.717, 1.165) is 0 Å². The Morgan fingerprint density at radius 3 is 2.46 bits per heavy atom. The molecular weight excluding hydrogens is 363 g/mol. The van der Waals surface area contributed by atoms with E-state index >= 15 is 0 Å². The van der Waals surface area contributed by atoms with Gasteiger partial charge in [0.1, 0.15) is 11.6 Å². The number of morpholine rings is 1. The minimum Gasteiger partial charge on any atom is -0.478 e. The van der Waals surface area contributed by atoms with Gasteiger partial charge in [-0.15, -0.1) is 0 Å². The highest BCUT2D eigenvalue weighted by atomic mass is 19.1. The van der Waals surface area contributed by atoms with Crippen molar-refractivity contribution in [3.63, 3.8) is 0 Å². The Labute approximate surface area is 163 Å². The van der Waals surface area contributed by atoms with E-state index in [1.807, 2.05) is 0 Å². The molecule has 0 bridgehead atoms. The van der Waals surface area contributed by atoms with Crippen LogP contribution < -0.4 is 10.1 Å². The van der Waals surface area contributed by atoms with Gasteiger partial charge in [0.2, 0.25) is 0 Å². The zero-order chi connectivity index (χ0) is 20.1. The van der Waals surface area contributed by atoms with Crippen LogP contribution in [0.15, 0.2) is 48.5 Å². The number of rotatable bonds is 5. The van der Waals surface area contributed by atoms with Crippen LogP contribution in [-0.4, -0.2) is 48.6 Å². The molecule has 1 N–H and O–H groups in total. The number of hydrogen-bond acceptors (Lipinski definition) is 4. The molecule has 0 aromatic heterocycles. The lowest BCUT2D eigenvalue weighted by Crippen LogP contribution is -2.42. The molecule has 1 fully saturated rings. The fourth-order valence-electron chi connectivity index (χ4n) is 2.80. The molecule has 2 amide bonds. The molecule has 0 aliphatic carbocycles. The zero-order valence-electron chi connectivity index (χ0n) is 15.9. The van der Waals surface area contributed by atoms with Gasteiger partial charge in [-0.1, -0.05) is 6.07 Å². The van der Waals surface area contributed by atoms with Gasteiger partial charge in [0.25, 0.3) is 11.8 Å². The van der Waals surface area contributed by atoms with Crippen molar-refractivity contribution >= 4 is 17.5 Å². The van der Waals surface area contributed by atoms with Gasteiger partial charge in [0, 0.05) is 24.3 Å². The normalized spacial score (nSPS) is 14.5. The third-order valence-corrected chi connectivity index (χ3v) is 4.40. The Kier molecular flexibility index (Phi) is 5.94. The molecular formula is C21H23FN2O4. The quantitative estimate of drug-likeness (QED) is 0.858. The molecule has 0 unspecified atom stereocenters. The van der Waals surface area contributed by atoms with E-state index in [1.54, 1.807) is 43.0 Å². The van der Waals surface area contributed by atoms with Crippen LogP contribution in [0.25, 0.3) is 0 Å². The first kappa shape index (κ1) is 19.8. The molecule has 2 aromatic rings. The van der Waals surface area contributed by atoms with Crippen LogP contribution >= 0.6 is 0 Å². The highest BCUT2D eigenvalue weighted by Crippen LogP contribution is 2.21. The highest BCUT2D eigenvalue weighted by molar-refractivity contribution is 5.99. The lowest BCUT2D eigenvalue weighted by atomic mass is 10.1. The van der Waals surface area contributed by atoms with Crippen LogP contribution in [0.3, 0.4) is 0 Å². The molecule has 2 aromatic carbocycles. The monoisotopic (exact) mass is 386 g/mol. The minimum atomic E-state index is -1.19. The second-order valence-electron chi connectivity index (χ2n) is 7.01. The summed E-state index contributed by atoms with van der Waals surface area (Å²) in [5, 5.41) is 2.78. The van der Waals surface area contributed by atoms with Gasteiger partial charge in [-0.05, 0) is 56.3 Å². The zero-order valence-corrected chi connectivity index (χ0v) is 15.9. The Morgan fingerprint density at radius 2 is 1.79 bits per heavy atom. The number of carbonyl (C=O) groups excluding carboxylic acids is 2. The van der Waals surface area contributed by atoms with Crippen molar-refractivity contribution < 1.29 is 23.5 Å². The fraction of sp³-hybridized carbons (Fsp3) is 0.333. The number of ether oxygens (including phenoxy) is 2. The molecule has 1 aliphatic rings. The van der Waals surface area contributed by atoms with Crippen molar-refractivity contribution in [3.8, 4) is 5.75 Å². The molecule has 6 nitrogen and oxygen atoms in total. The number of hydrogen-bond donors (Lipinski definition) is 1. The van der Waals surface area contributed by atoms with E-state index in [0.29, 0.717) is 43.3 Å². The standard InChI is InChI=1S/C21H23FN2O4/c1-21(2,28-18-8-6-16(22)7-9-18)20(26)23-17-5-3-4-15(14-17)19(25)24-10-12-27-13-11-24/h3-9,14H,10-13H2,1-2H3,(H,23,26). The molecule has 0 radical (unpaired) electrons. The number of amides is 2. The van der Waals surface area contributed by atoms with E-state index in [9.17, 15) is 14.0 Å². The van der Waals surface area contributed by atoms with Crippen molar-refractivity contribution in [2.24, 2.45) is 0 Å². The van der Waals surface area contributed by atoms with Crippen LogP contribution in [0.1, 0.15) is 24.2 Å². The molecule has 1 heterocycles. The summed E-state index contributed by atoms with van der Waals surface area (Å²) in [4.78, 5) is 27.0. The number of halogens is 1. The summed E-state index contributed by atoms with van der Waals surface area (Å²) in [5.41, 5.74) is -0.195. The van der Waals surface area contributed by atoms with Crippen molar-refractivity contribution in [3.05, 3.63) is 59.9 Å². The van der Waals surface area contributed by atoms with Gasteiger partial charge < -0.3 is 19.7 Å². The average molecular weight is 386 g/mol. The van der Waals surface area contributed by atoms with Gasteiger partial charge in [-0.2, -0.15) is 0 Å². The number of anilines is 1. The number of carbonyl (C=O) groups is 2. The maximum absolute atomic E-state index is 13.0. The van der Waals surface area contributed by atoms with Crippen molar-refractivity contribution in [2.75, 3.05) is 31.6 Å². The lowest BCUT2D eigenvalue weighted by molar-refractivity contribution is -0.128. The van der Waals surface area contributed by atoms with E-state index < -0.39 is 5.60 Å². The van der Waals surface area contributed by atoms with Gasteiger partial charge in [-0.25, -0.2) is 4.39 Å². The highest BCUT2D eigenvalue weighted by Gasteiger charge is 2.30. The van der Waals surface area contributed by atoms with Crippen molar-refractivity contribution in [1.82, 2.24) is 4.90 Å². The smallest absolute Gasteiger partial charge is 0.267 e. The molecule has 0 spiro atoms. The summed E-state index contributed by atoms with van der Waals surface area (Å²) >= 11 is 0. The van der Waals surface area contributed by atoms with Gasteiger partial charge in [-0.3, -0.25) is 9.59 Å². The molecule has 148 valence electrons. The Balaban J connectivity index is 1.67. The fourth-order valence-corrected chi connectivity index (χ4v) is 2.80. The summed E-state index contributed by atoms with van der Waals surface area (Å²) < 4.78 is 24.0. The van der Waals surface area contributed by atoms with Crippen LogP contribution in [0.4, 0.5) is 10.1 Å². The largest absolute Gasteiger partial charge is 0.478 e. The van der Waals surface area contributed by atoms with Gasteiger partial charge in [0.05, 0.1) is 13.2 Å². The van der Waals surface area contributed by atoms with Crippen molar-refractivity contribution in [2.45, 2.75) is 19.4 Å². The van der Waals surface area contributed by atoms with Gasteiger partial charge in [0.15, 0.2) is 5.60 Å². The molecule has 0 saturated carbocycles. The average Bonchev–Trinajstić information content (AvgIpc) is 2.70. The summed E-state index contributed by atoms with van der Waals surface area (Å²) in [6.45, 7) is 5.39. The van der Waals surface area contributed by atoms with Crippen LogP contribution in [0.2, 0.25) is 0 Å². The predicted molar refractivity (Wildman–Crippen MR) is 103 cm³/mol. The number of nitrogens with one attached hydrogen (secondary N) is 1. The molecule has 28 heavy (non-hydrogen) atoms.